The van der Waals surface area contributed by atoms with Gasteiger partial charge in [-0.15, -0.1) is 11.3 Å². The lowest BCUT2D eigenvalue weighted by molar-refractivity contribution is 0.00551. The highest BCUT2D eigenvalue weighted by atomic mass is 32.1. The summed E-state index contributed by atoms with van der Waals surface area (Å²) in [6.07, 6.45) is 8.89. The summed E-state index contributed by atoms with van der Waals surface area (Å²) < 4.78 is 6.02. The Bertz CT molecular complexity index is 374. The molecule has 3 nitrogen and oxygen atoms in total. The second-order valence-corrected chi connectivity index (χ2v) is 6.48. The molecule has 0 spiro atoms. The van der Waals surface area contributed by atoms with Crippen molar-refractivity contribution >= 4 is 11.3 Å². The quantitative estimate of drug-likeness (QED) is 0.853. The first-order valence-corrected chi connectivity index (χ1v) is 8.32. The van der Waals surface area contributed by atoms with E-state index >= 15 is 0 Å². The number of rotatable bonds is 6. The lowest BCUT2D eigenvalue weighted by atomic mass is 9.85. The highest BCUT2D eigenvalue weighted by Gasteiger charge is 2.28. The Hall–Kier alpha value is -0.450. The molecule has 0 radical (unpaired) electrons. The number of hydrogen-bond donors (Lipinski definition) is 1. The van der Waals surface area contributed by atoms with E-state index in [2.05, 4.69) is 24.1 Å². The zero-order chi connectivity index (χ0) is 13.7. The van der Waals surface area contributed by atoms with Crippen LogP contribution in [0.4, 0.5) is 0 Å². The molecule has 1 heterocycles. The minimum atomic E-state index is 0.216. The Morgan fingerprint density at radius 1 is 1.42 bits per heavy atom. The zero-order valence-corrected chi connectivity index (χ0v) is 13.1. The fourth-order valence-corrected chi connectivity index (χ4v) is 3.92. The summed E-state index contributed by atoms with van der Waals surface area (Å²) in [6, 6.07) is 0.375. The Labute approximate surface area is 120 Å². The lowest BCUT2D eigenvalue weighted by Gasteiger charge is -2.28. The SMILES string of the molecule is CCOC(c1ncc(C(C)NC)s1)C1CCCCC1. The van der Waals surface area contributed by atoms with Crippen LogP contribution in [0.5, 0.6) is 0 Å². The molecule has 1 aliphatic rings. The molecule has 1 N–H and O–H groups in total. The van der Waals surface area contributed by atoms with Gasteiger partial charge in [-0.3, -0.25) is 0 Å². The van der Waals surface area contributed by atoms with Crippen LogP contribution in [-0.4, -0.2) is 18.6 Å². The highest BCUT2D eigenvalue weighted by molar-refractivity contribution is 7.11. The Morgan fingerprint density at radius 2 is 2.16 bits per heavy atom. The number of nitrogens with one attached hydrogen (secondary N) is 1. The number of hydrogen-bond acceptors (Lipinski definition) is 4. The third-order valence-corrected chi connectivity index (χ3v) is 5.31. The molecule has 108 valence electrons. The van der Waals surface area contributed by atoms with Crippen LogP contribution < -0.4 is 5.32 Å². The molecule has 1 aliphatic carbocycles. The molecule has 1 aromatic rings. The molecule has 19 heavy (non-hydrogen) atoms. The van der Waals surface area contributed by atoms with Gasteiger partial charge in [-0.25, -0.2) is 4.98 Å². The zero-order valence-electron chi connectivity index (χ0n) is 12.3. The van der Waals surface area contributed by atoms with Gasteiger partial charge in [-0.2, -0.15) is 0 Å². The molecule has 1 saturated carbocycles. The van der Waals surface area contributed by atoms with Crippen LogP contribution in [0.1, 0.15) is 68.0 Å². The van der Waals surface area contributed by atoms with Crippen LogP contribution in [0.25, 0.3) is 0 Å². The van der Waals surface area contributed by atoms with Crippen molar-refractivity contribution in [2.75, 3.05) is 13.7 Å². The van der Waals surface area contributed by atoms with Crippen LogP contribution in [0.3, 0.4) is 0 Å². The fraction of sp³-hybridized carbons (Fsp3) is 0.800. The summed E-state index contributed by atoms with van der Waals surface area (Å²) in [4.78, 5) is 5.94. The normalized spacial score (nSPS) is 20.4. The van der Waals surface area contributed by atoms with E-state index in [-0.39, 0.29) is 6.10 Å². The summed E-state index contributed by atoms with van der Waals surface area (Å²) in [5, 5.41) is 4.45. The van der Waals surface area contributed by atoms with Crippen LogP contribution in [0.15, 0.2) is 6.20 Å². The largest absolute Gasteiger partial charge is 0.371 e. The Balaban J connectivity index is 2.11. The highest BCUT2D eigenvalue weighted by Crippen LogP contribution is 2.39. The van der Waals surface area contributed by atoms with Crippen molar-refractivity contribution in [2.45, 2.75) is 58.1 Å². The first kappa shape index (κ1) is 14.9. The van der Waals surface area contributed by atoms with Gasteiger partial charge < -0.3 is 10.1 Å². The van der Waals surface area contributed by atoms with Crippen molar-refractivity contribution in [1.29, 1.82) is 0 Å². The summed E-state index contributed by atoms with van der Waals surface area (Å²) in [5.74, 6) is 0.664. The average Bonchev–Trinajstić information content (AvgIpc) is 2.94. The maximum Gasteiger partial charge on any atom is 0.122 e. The molecule has 0 amide bonds. The smallest absolute Gasteiger partial charge is 0.122 e. The van der Waals surface area contributed by atoms with Gasteiger partial charge in [-0.05, 0) is 39.7 Å². The minimum Gasteiger partial charge on any atom is -0.371 e. The van der Waals surface area contributed by atoms with E-state index in [0.29, 0.717) is 12.0 Å². The maximum atomic E-state index is 6.02. The third kappa shape index (κ3) is 3.77. The molecule has 1 fully saturated rings. The van der Waals surface area contributed by atoms with Gasteiger partial charge in [0, 0.05) is 23.7 Å². The van der Waals surface area contributed by atoms with Crippen molar-refractivity contribution in [1.82, 2.24) is 10.3 Å². The van der Waals surface area contributed by atoms with Crippen LogP contribution in [0.2, 0.25) is 0 Å². The molecule has 2 unspecified atom stereocenters. The molecule has 2 rings (SSSR count). The second-order valence-electron chi connectivity index (χ2n) is 5.39. The van der Waals surface area contributed by atoms with Gasteiger partial charge in [0.05, 0.1) is 0 Å². The fourth-order valence-electron chi connectivity index (χ4n) is 2.80. The number of ether oxygens (including phenoxy) is 1. The van der Waals surface area contributed by atoms with Gasteiger partial charge in [0.2, 0.25) is 0 Å². The third-order valence-electron chi connectivity index (χ3n) is 4.07. The second kappa shape index (κ2) is 7.36. The van der Waals surface area contributed by atoms with Gasteiger partial charge in [-0.1, -0.05) is 19.3 Å². The molecule has 1 aromatic heterocycles. The predicted molar refractivity (Wildman–Crippen MR) is 80.5 cm³/mol. The Morgan fingerprint density at radius 3 is 2.79 bits per heavy atom. The molecular formula is C15H26N2OS. The summed E-state index contributed by atoms with van der Waals surface area (Å²) in [6.45, 7) is 5.03. The number of thiazole rings is 1. The summed E-state index contributed by atoms with van der Waals surface area (Å²) >= 11 is 1.81. The van der Waals surface area contributed by atoms with Gasteiger partial charge in [0.1, 0.15) is 11.1 Å². The van der Waals surface area contributed by atoms with E-state index in [1.165, 1.54) is 42.0 Å². The van der Waals surface area contributed by atoms with E-state index in [9.17, 15) is 0 Å². The summed E-state index contributed by atoms with van der Waals surface area (Å²) in [7, 11) is 1.99. The first-order valence-electron chi connectivity index (χ1n) is 7.50. The van der Waals surface area contributed by atoms with Crippen molar-refractivity contribution in [3.05, 3.63) is 16.1 Å². The summed E-state index contributed by atoms with van der Waals surface area (Å²) in [5.41, 5.74) is 0. The van der Waals surface area contributed by atoms with Crippen molar-refractivity contribution in [3.8, 4) is 0 Å². The molecule has 0 aliphatic heterocycles. The van der Waals surface area contributed by atoms with E-state index in [4.69, 9.17) is 4.74 Å². The first-order chi connectivity index (χ1) is 9.26. The van der Waals surface area contributed by atoms with Gasteiger partial charge >= 0.3 is 0 Å². The van der Waals surface area contributed by atoms with Crippen molar-refractivity contribution in [3.63, 3.8) is 0 Å². The van der Waals surface area contributed by atoms with Crippen molar-refractivity contribution in [2.24, 2.45) is 5.92 Å². The topological polar surface area (TPSA) is 34.1 Å². The number of aromatic nitrogens is 1. The van der Waals surface area contributed by atoms with E-state index in [0.717, 1.165) is 6.61 Å². The van der Waals surface area contributed by atoms with E-state index in [1.54, 1.807) is 0 Å². The van der Waals surface area contributed by atoms with Gasteiger partial charge in [0.25, 0.3) is 0 Å². The molecule has 0 saturated heterocycles. The van der Waals surface area contributed by atoms with Crippen molar-refractivity contribution < 1.29 is 4.74 Å². The standard InChI is InChI=1S/C15H26N2OS/c1-4-18-14(12-8-6-5-7-9-12)15-17-10-13(19-15)11(2)16-3/h10-12,14,16H,4-9H2,1-3H3. The van der Waals surface area contributed by atoms with Gasteiger partial charge in [0.15, 0.2) is 0 Å². The molecule has 0 bridgehead atoms. The maximum absolute atomic E-state index is 6.02. The predicted octanol–water partition coefficient (Wildman–Crippen LogP) is 4.08. The molecule has 2 atom stereocenters. The average molecular weight is 282 g/mol. The molecule has 0 aromatic carbocycles. The lowest BCUT2D eigenvalue weighted by Crippen LogP contribution is -2.19. The monoisotopic (exact) mass is 282 g/mol. The van der Waals surface area contributed by atoms with Crippen LogP contribution in [0, 0.1) is 5.92 Å². The minimum absolute atomic E-state index is 0.216. The van der Waals surface area contributed by atoms with Crippen LogP contribution in [-0.2, 0) is 4.74 Å². The van der Waals surface area contributed by atoms with Crippen LogP contribution >= 0.6 is 11.3 Å². The Kier molecular flexibility index (Phi) is 5.79. The number of nitrogens with zero attached hydrogens (tertiary/aromatic N) is 1. The van der Waals surface area contributed by atoms with E-state index in [1.807, 2.05) is 24.6 Å². The molecular weight excluding hydrogens is 256 g/mol. The molecule has 4 heteroatoms. The van der Waals surface area contributed by atoms with E-state index < -0.39 is 0 Å².